The smallest absolute Gasteiger partial charge is 0.180 e. The molecule has 0 bridgehead atoms. The topological polar surface area (TPSA) is 70.5 Å². The maximum atomic E-state index is 6.00. The maximum Gasteiger partial charge on any atom is 0.180 e. The highest BCUT2D eigenvalue weighted by molar-refractivity contribution is 6.32. The highest BCUT2D eigenvalue weighted by atomic mass is 35.5. The third-order valence-corrected chi connectivity index (χ3v) is 2.56. The number of hydrogen-bond acceptors (Lipinski definition) is 5. The Morgan fingerprint density at radius 1 is 1.24 bits per heavy atom. The van der Waals surface area contributed by atoms with Gasteiger partial charge >= 0.3 is 0 Å². The lowest BCUT2D eigenvalue weighted by Gasteiger charge is -2.12. The second-order valence-electron chi connectivity index (χ2n) is 3.28. The molecule has 5 nitrogen and oxygen atoms in total. The summed E-state index contributed by atoms with van der Waals surface area (Å²) >= 11 is 6.00. The number of ether oxygens (including phenoxy) is 2. The van der Waals surface area contributed by atoms with Crippen molar-refractivity contribution in [1.82, 2.24) is 5.16 Å². The summed E-state index contributed by atoms with van der Waals surface area (Å²) in [6.07, 6.45) is 0. The van der Waals surface area contributed by atoms with E-state index < -0.39 is 0 Å². The molecule has 2 aromatic rings. The molecule has 0 amide bonds. The summed E-state index contributed by atoms with van der Waals surface area (Å²) in [4.78, 5) is 0. The van der Waals surface area contributed by atoms with Crippen molar-refractivity contribution in [3.05, 3.63) is 23.2 Å². The minimum atomic E-state index is 0.302. The molecule has 0 aliphatic carbocycles. The van der Waals surface area contributed by atoms with E-state index in [-0.39, 0.29) is 0 Å². The first-order valence-corrected chi connectivity index (χ1v) is 5.18. The quantitative estimate of drug-likeness (QED) is 0.912. The lowest BCUT2D eigenvalue weighted by molar-refractivity contribution is 0.354. The largest absolute Gasteiger partial charge is 0.492 e. The van der Waals surface area contributed by atoms with E-state index in [1.807, 2.05) is 0 Å². The Kier molecular flexibility index (Phi) is 3.10. The van der Waals surface area contributed by atoms with Crippen molar-refractivity contribution >= 4 is 17.4 Å². The van der Waals surface area contributed by atoms with Crippen LogP contribution in [0.15, 0.2) is 22.7 Å². The first-order chi connectivity index (χ1) is 8.17. The van der Waals surface area contributed by atoms with E-state index in [0.717, 1.165) is 0 Å². The minimum absolute atomic E-state index is 0.302. The standard InChI is InChI=1S/C11H11ClN2O3/c1-15-10-6(8-5-9(13)14-17-8)3-4-7(12)11(10)16-2/h3-5H,1-2H3,(H2,13,14). The van der Waals surface area contributed by atoms with E-state index in [2.05, 4.69) is 5.16 Å². The van der Waals surface area contributed by atoms with Gasteiger partial charge in [-0.2, -0.15) is 0 Å². The van der Waals surface area contributed by atoms with Crippen LogP contribution in [0.4, 0.5) is 5.82 Å². The first kappa shape index (κ1) is 11.6. The van der Waals surface area contributed by atoms with Crippen molar-refractivity contribution < 1.29 is 14.0 Å². The zero-order valence-electron chi connectivity index (χ0n) is 9.36. The lowest BCUT2D eigenvalue weighted by atomic mass is 10.1. The summed E-state index contributed by atoms with van der Waals surface area (Å²) in [6, 6.07) is 5.05. The SMILES string of the molecule is COc1c(Cl)ccc(-c2cc(N)no2)c1OC. The predicted molar refractivity (Wildman–Crippen MR) is 64.5 cm³/mol. The average molecular weight is 255 g/mol. The van der Waals surface area contributed by atoms with Crippen LogP contribution in [0.25, 0.3) is 11.3 Å². The number of benzene rings is 1. The summed E-state index contributed by atoms with van der Waals surface area (Å²) in [5.74, 6) is 1.73. The number of nitrogens with two attached hydrogens (primary N) is 1. The number of aromatic nitrogens is 1. The minimum Gasteiger partial charge on any atom is -0.492 e. The van der Waals surface area contributed by atoms with E-state index in [1.165, 1.54) is 14.2 Å². The van der Waals surface area contributed by atoms with Gasteiger partial charge in [0.05, 0.1) is 24.8 Å². The summed E-state index contributed by atoms with van der Waals surface area (Å²) in [5.41, 5.74) is 6.18. The number of methoxy groups -OCH3 is 2. The van der Waals surface area contributed by atoms with Crippen molar-refractivity contribution in [3.8, 4) is 22.8 Å². The number of nitrogen functional groups attached to an aromatic ring is 1. The molecule has 0 aliphatic rings. The molecule has 2 rings (SSSR count). The molecule has 17 heavy (non-hydrogen) atoms. The molecule has 1 heterocycles. The number of hydrogen-bond donors (Lipinski definition) is 1. The molecule has 0 fully saturated rings. The Balaban J connectivity index is 2.62. The van der Waals surface area contributed by atoms with Crippen LogP contribution in [0, 0.1) is 0 Å². The molecule has 0 spiro atoms. The van der Waals surface area contributed by atoms with Crippen molar-refractivity contribution in [2.75, 3.05) is 20.0 Å². The van der Waals surface area contributed by atoms with Crippen LogP contribution in [0.3, 0.4) is 0 Å². The van der Waals surface area contributed by atoms with Crippen molar-refractivity contribution in [2.45, 2.75) is 0 Å². The normalized spacial score (nSPS) is 10.3. The molecule has 2 N–H and O–H groups in total. The molecular weight excluding hydrogens is 244 g/mol. The Morgan fingerprint density at radius 3 is 2.47 bits per heavy atom. The zero-order valence-corrected chi connectivity index (χ0v) is 10.1. The second-order valence-corrected chi connectivity index (χ2v) is 3.68. The van der Waals surface area contributed by atoms with Gasteiger partial charge in [0.1, 0.15) is 0 Å². The van der Waals surface area contributed by atoms with Crippen LogP contribution in [-0.4, -0.2) is 19.4 Å². The molecule has 90 valence electrons. The lowest BCUT2D eigenvalue weighted by Crippen LogP contribution is -1.93. The summed E-state index contributed by atoms with van der Waals surface area (Å²) < 4.78 is 15.5. The van der Waals surface area contributed by atoms with Gasteiger partial charge in [0.2, 0.25) is 0 Å². The fraction of sp³-hybridized carbons (Fsp3) is 0.182. The first-order valence-electron chi connectivity index (χ1n) is 4.80. The molecule has 0 saturated carbocycles. The van der Waals surface area contributed by atoms with Gasteiger partial charge < -0.3 is 19.7 Å². The van der Waals surface area contributed by atoms with Crippen LogP contribution in [0.2, 0.25) is 5.02 Å². The van der Waals surface area contributed by atoms with E-state index in [4.69, 9.17) is 31.3 Å². The highest BCUT2D eigenvalue weighted by Crippen LogP contribution is 2.42. The molecule has 0 radical (unpaired) electrons. The van der Waals surface area contributed by atoms with Crippen LogP contribution in [0.5, 0.6) is 11.5 Å². The van der Waals surface area contributed by atoms with Gasteiger partial charge in [-0.25, -0.2) is 0 Å². The Morgan fingerprint density at radius 2 is 1.94 bits per heavy atom. The second kappa shape index (κ2) is 4.55. The number of rotatable bonds is 3. The number of halogens is 1. The van der Waals surface area contributed by atoms with E-state index in [0.29, 0.717) is 33.7 Å². The Labute approximate surface area is 103 Å². The Hall–Kier alpha value is -1.88. The van der Waals surface area contributed by atoms with Crippen LogP contribution in [0.1, 0.15) is 0 Å². The van der Waals surface area contributed by atoms with E-state index >= 15 is 0 Å². The van der Waals surface area contributed by atoms with Gasteiger partial charge in [-0.05, 0) is 12.1 Å². The van der Waals surface area contributed by atoms with Gasteiger partial charge in [-0.15, -0.1) is 0 Å². The molecule has 0 aliphatic heterocycles. The zero-order chi connectivity index (χ0) is 12.4. The number of anilines is 1. The number of nitrogens with zero attached hydrogens (tertiary/aromatic N) is 1. The molecule has 0 saturated heterocycles. The fourth-order valence-electron chi connectivity index (χ4n) is 1.54. The summed E-state index contributed by atoms with van der Waals surface area (Å²) in [6.45, 7) is 0. The van der Waals surface area contributed by atoms with Crippen LogP contribution < -0.4 is 15.2 Å². The van der Waals surface area contributed by atoms with E-state index in [9.17, 15) is 0 Å². The predicted octanol–water partition coefficient (Wildman–Crippen LogP) is 2.59. The van der Waals surface area contributed by atoms with Crippen molar-refractivity contribution in [3.63, 3.8) is 0 Å². The summed E-state index contributed by atoms with van der Waals surface area (Å²) in [7, 11) is 3.04. The Bertz CT molecular complexity index is 540. The van der Waals surface area contributed by atoms with Crippen LogP contribution in [-0.2, 0) is 0 Å². The van der Waals surface area contributed by atoms with Gasteiger partial charge in [-0.3, -0.25) is 0 Å². The van der Waals surface area contributed by atoms with Gasteiger partial charge in [0, 0.05) is 6.07 Å². The van der Waals surface area contributed by atoms with Gasteiger partial charge in [-0.1, -0.05) is 16.8 Å². The van der Waals surface area contributed by atoms with Crippen molar-refractivity contribution in [2.24, 2.45) is 0 Å². The highest BCUT2D eigenvalue weighted by Gasteiger charge is 2.18. The van der Waals surface area contributed by atoms with E-state index in [1.54, 1.807) is 18.2 Å². The third kappa shape index (κ3) is 2.01. The molecular formula is C11H11ClN2O3. The molecule has 6 heteroatoms. The van der Waals surface area contributed by atoms with Gasteiger partial charge in [0.25, 0.3) is 0 Å². The van der Waals surface area contributed by atoms with Gasteiger partial charge in [0.15, 0.2) is 23.1 Å². The molecule has 1 aromatic carbocycles. The third-order valence-electron chi connectivity index (χ3n) is 2.27. The molecule has 1 aromatic heterocycles. The summed E-state index contributed by atoms with van der Waals surface area (Å²) in [5, 5.41) is 4.08. The maximum absolute atomic E-state index is 6.00. The molecule has 0 atom stereocenters. The average Bonchev–Trinajstić information content (AvgIpc) is 2.75. The van der Waals surface area contributed by atoms with Crippen molar-refractivity contribution in [1.29, 1.82) is 0 Å². The molecule has 0 unspecified atom stereocenters. The monoisotopic (exact) mass is 254 g/mol. The fourth-order valence-corrected chi connectivity index (χ4v) is 1.77. The van der Waals surface area contributed by atoms with Crippen LogP contribution >= 0.6 is 11.6 Å².